The summed E-state index contributed by atoms with van der Waals surface area (Å²) in [5.74, 6) is 0.0240. The van der Waals surface area contributed by atoms with Crippen LogP contribution >= 0.6 is 0 Å². The number of fused-ring (bicyclic) bond motifs is 1. The van der Waals surface area contributed by atoms with Gasteiger partial charge in [0.1, 0.15) is 29.1 Å². The highest BCUT2D eigenvalue weighted by Gasteiger charge is 2.41. The summed E-state index contributed by atoms with van der Waals surface area (Å²) in [4.78, 5) is 30.6. The monoisotopic (exact) mass is 497 g/mol. The van der Waals surface area contributed by atoms with Gasteiger partial charge in [-0.2, -0.15) is 9.61 Å². The van der Waals surface area contributed by atoms with E-state index in [4.69, 9.17) is 9.47 Å². The van der Waals surface area contributed by atoms with Gasteiger partial charge in [-0.05, 0) is 25.0 Å². The highest BCUT2D eigenvalue weighted by molar-refractivity contribution is 6.00. The first-order chi connectivity index (χ1) is 17.5. The number of alkyl halides is 1. The van der Waals surface area contributed by atoms with Crippen molar-refractivity contribution in [2.24, 2.45) is 0 Å². The van der Waals surface area contributed by atoms with Crippen molar-refractivity contribution in [3.05, 3.63) is 46.5 Å². The quantitative estimate of drug-likeness (QED) is 0.474. The molecule has 3 aromatic heterocycles. The zero-order valence-corrected chi connectivity index (χ0v) is 19.9. The molecule has 0 bridgehead atoms. The zero-order valence-electron chi connectivity index (χ0n) is 19.9. The summed E-state index contributed by atoms with van der Waals surface area (Å²) in [6.45, 7) is 1.24. The number of carbonyl (C=O) groups excluding carboxylic acids is 1. The Hall–Kier alpha value is -3.51. The SMILES string of the molecule is CNc1cc(Nc2cccn(C3CCC4(CC3)OCCO4)c2=O)nc2c(C(=O)N[C@@H]3C[C@@H]3F)cnn12. The van der Waals surface area contributed by atoms with Crippen LogP contribution < -0.4 is 21.5 Å². The number of carbonyl (C=O) groups is 1. The minimum absolute atomic E-state index is 0.0490. The van der Waals surface area contributed by atoms with Crippen molar-refractivity contribution in [1.29, 1.82) is 0 Å². The number of hydrogen-bond acceptors (Lipinski definition) is 8. The Morgan fingerprint density at radius 3 is 2.69 bits per heavy atom. The molecule has 2 saturated carbocycles. The minimum atomic E-state index is -1.01. The number of rotatable bonds is 6. The van der Waals surface area contributed by atoms with Crippen molar-refractivity contribution < 1.29 is 18.7 Å². The van der Waals surface area contributed by atoms with Crippen LogP contribution in [0.15, 0.2) is 35.4 Å². The van der Waals surface area contributed by atoms with Gasteiger partial charge in [0.05, 0.1) is 25.5 Å². The summed E-state index contributed by atoms with van der Waals surface area (Å²) in [7, 11) is 1.72. The van der Waals surface area contributed by atoms with E-state index in [1.54, 1.807) is 29.9 Å². The van der Waals surface area contributed by atoms with Crippen LogP contribution in [-0.4, -0.2) is 63.3 Å². The first kappa shape index (κ1) is 22.9. The van der Waals surface area contributed by atoms with Crippen LogP contribution in [0, 0.1) is 0 Å². The van der Waals surface area contributed by atoms with E-state index in [2.05, 4.69) is 26.0 Å². The fourth-order valence-electron chi connectivity index (χ4n) is 5.06. The third-order valence-electron chi connectivity index (χ3n) is 7.16. The number of aromatic nitrogens is 4. The van der Waals surface area contributed by atoms with Gasteiger partial charge in [0.2, 0.25) is 0 Å². The van der Waals surface area contributed by atoms with Gasteiger partial charge >= 0.3 is 0 Å². The number of amides is 1. The zero-order chi connectivity index (χ0) is 24.9. The van der Waals surface area contributed by atoms with Crippen LogP contribution in [0.2, 0.25) is 0 Å². The first-order valence-corrected chi connectivity index (χ1v) is 12.2. The molecule has 3 N–H and O–H groups in total. The number of nitrogens with one attached hydrogen (secondary N) is 3. The van der Waals surface area contributed by atoms with Crippen LogP contribution in [0.4, 0.5) is 21.7 Å². The van der Waals surface area contributed by atoms with E-state index in [9.17, 15) is 14.0 Å². The van der Waals surface area contributed by atoms with Crippen LogP contribution in [0.1, 0.15) is 48.5 Å². The maximum atomic E-state index is 13.4. The molecular weight excluding hydrogens is 469 g/mol. The maximum absolute atomic E-state index is 13.4. The van der Waals surface area contributed by atoms with Crippen LogP contribution in [-0.2, 0) is 9.47 Å². The Morgan fingerprint density at radius 1 is 1.25 bits per heavy atom. The van der Waals surface area contributed by atoms with E-state index in [0.29, 0.717) is 42.6 Å². The van der Waals surface area contributed by atoms with Gasteiger partial charge in [-0.15, -0.1) is 0 Å². The Bertz CT molecular complexity index is 1360. The summed E-state index contributed by atoms with van der Waals surface area (Å²) in [5.41, 5.74) is 0.734. The molecule has 6 rings (SSSR count). The second-order valence-corrected chi connectivity index (χ2v) is 9.50. The van der Waals surface area contributed by atoms with Crippen LogP contribution in [0.5, 0.6) is 0 Å². The summed E-state index contributed by atoms with van der Waals surface area (Å²) >= 11 is 0. The lowest BCUT2D eigenvalue weighted by Gasteiger charge is -2.36. The second kappa shape index (κ2) is 8.86. The Labute approximate surface area is 206 Å². The van der Waals surface area contributed by atoms with Gasteiger partial charge in [-0.1, -0.05) is 0 Å². The molecule has 3 aliphatic rings. The van der Waals surface area contributed by atoms with Gasteiger partial charge in [0.15, 0.2) is 11.4 Å². The molecule has 3 fully saturated rings. The van der Waals surface area contributed by atoms with E-state index in [-0.39, 0.29) is 17.2 Å². The number of anilines is 3. The normalized spacial score (nSPS) is 23.2. The topological polar surface area (TPSA) is 124 Å². The molecule has 4 heterocycles. The molecule has 2 aliphatic carbocycles. The van der Waals surface area contributed by atoms with Gasteiger partial charge in [-0.25, -0.2) is 9.37 Å². The molecule has 1 saturated heterocycles. The van der Waals surface area contributed by atoms with Crippen molar-refractivity contribution in [2.45, 2.75) is 56.1 Å². The van der Waals surface area contributed by atoms with Gasteiger partial charge in [-0.3, -0.25) is 9.59 Å². The molecule has 0 unspecified atom stereocenters. The third-order valence-corrected chi connectivity index (χ3v) is 7.16. The standard InChI is InChI=1S/C24H28FN7O4/c1-26-20-12-19(30-21-15(13-27-32(20)21)22(33)29-18-11-16(18)25)28-17-3-2-8-31(23(17)34)14-4-6-24(7-5-14)35-9-10-36-24/h2-3,8,12-14,16,18,26H,4-7,9-11H2,1H3,(H,28,30)(H,29,33)/t16-,18+/m0/s1. The predicted octanol–water partition coefficient (Wildman–Crippen LogP) is 2.37. The molecule has 1 spiro atoms. The minimum Gasteiger partial charge on any atom is -0.373 e. The molecule has 36 heavy (non-hydrogen) atoms. The molecule has 0 radical (unpaired) electrons. The number of nitrogens with zero attached hydrogens (tertiary/aromatic N) is 4. The predicted molar refractivity (Wildman–Crippen MR) is 129 cm³/mol. The second-order valence-electron chi connectivity index (χ2n) is 9.50. The van der Waals surface area contributed by atoms with E-state index >= 15 is 0 Å². The summed E-state index contributed by atoms with van der Waals surface area (Å²) in [6, 6.07) is 4.82. The molecule has 12 heteroatoms. The summed E-state index contributed by atoms with van der Waals surface area (Å²) < 4.78 is 28.2. The fourth-order valence-corrected chi connectivity index (χ4v) is 5.06. The van der Waals surface area contributed by atoms with Gasteiger partial charge < -0.3 is 30.0 Å². The van der Waals surface area contributed by atoms with Crippen molar-refractivity contribution in [3.8, 4) is 0 Å². The van der Waals surface area contributed by atoms with Gasteiger partial charge in [0, 0.05) is 44.6 Å². The Kier molecular flexibility index (Phi) is 5.64. The smallest absolute Gasteiger partial charge is 0.274 e. The summed E-state index contributed by atoms with van der Waals surface area (Å²) in [6.07, 6.45) is 5.58. The molecule has 11 nitrogen and oxygen atoms in total. The maximum Gasteiger partial charge on any atom is 0.274 e. The average Bonchev–Trinajstić information content (AvgIpc) is 3.24. The fraction of sp³-hybridized carbons (Fsp3) is 0.500. The van der Waals surface area contributed by atoms with E-state index < -0.39 is 23.9 Å². The van der Waals surface area contributed by atoms with E-state index in [1.165, 1.54) is 10.7 Å². The summed E-state index contributed by atoms with van der Waals surface area (Å²) in [5, 5.41) is 13.1. The van der Waals surface area contributed by atoms with Crippen molar-refractivity contribution in [3.63, 3.8) is 0 Å². The molecule has 0 aromatic carbocycles. The Balaban J connectivity index is 1.26. The highest BCUT2D eigenvalue weighted by atomic mass is 19.1. The number of halogens is 1. The largest absolute Gasteiger partial charge is 0.373 e. The number of pyridine rings is 1. The first-order valence-electron chi connectivity index (χ1n) is 12.2. The lowest BCUT2D eigenvalue weighted by Crippen LogP contribution is -2.38. The molecular formula is C24H28FN7O4. The lowest BCUT2D eigenvalue weighted by atomic mass is 9.90. The number of ether oxygens (including phenoxy) is 2. The van der Waals surface area contributed by atoms with Crippen LogP contribution in [0.25, 0.3) is 5.65 Å². The molecule has 1 amide bonds. The molecule has 190 valence electrons. The Morgan fingerprint density at radius 2 is 2.00 bits per heavy atom. The highest BCUT2D eigenvalue weighted by Crippen LogP contribution is 2.39. The third kappa shape index (κ3) is 4.09. The lowest BCUT2D eigenvalue weighted by molar-refractivity contribution is -0.181. The van der Waals surface area contributed by atoms with E-state index in [1.807, 2.05) is 6.07 Å². The van der Waals surface area contributed by atoms with Crippen molar-refractivity contribution >= 4 is 28.9 Å². The van der Waals surface area contributed by atoms with Crippen LogP contribution in [0.3, 0.4) is 0 Å². The average molecular weight is 498 g/mol. The van der Waals surface area contributed by atoms with E-state index in [0.717, 1.165) is 25.7 Å². The molecule has 1 aliphatic heterocycles. The molecule has 2 atom stereocenters. The van der Waals surface area contributed by atoms with Gasteiger partial charge in [0.25, 0.3) is 11.5 Å². The van der Waals surface area contributed by atoms with Crippen molar-refractivity contribution in [2.75, 3.05) is 30.9 Å². The number of hydrogen-bond donors (Lipinski definition) is 3. The molecule has 3 aromatic rings. The van der Waals surface area contributed by atoms with Crippen molar-refractivity contribution in [1.82, 2.24) is 24.5 Å².